The van der Waals surface area contributed by atoms with Crippen LogP contribution in [0.25, 0.3) is 0 Å². The molecule has 1 amide bonds. The molecule has 0 aliphatic carbocycles. The first-order valence-electron chi connectivity index (χ1n) is 10.9. The molecular formula is C26H30N2O4S. The Morgan fingerprint density at radius 2 is 1.55 bits per heavy atom. The minimum atomic E-state index is -3.94. The van der Waals surface area contributed by atoms with Gasteiger partial charge in [-0.05, 0) is 75.1 Å². The Morgan fingerprint density at radius 1 is 0.939 bits per heavy atom. The van der Waals surface area contributed by atoms with Gasteiger partial charge in [-0.15, -0.1) is 0 Å². The normalized spacial score (nSPS) is 12.2. The Bertz CT molecular complexity index is 1180. The maximum Gasteiger partial charge on any atom is 0.242 e. The summed E-state index contributed by atoms with van der Waals surface area (Å²) in [7, 11) is -3.94. The van der Waals surface area contributed by atoms with E-state index in [1.807, 2.05) is 56.3 Å². The molecule has 174 valence electrons. The van der Waals surface area contributed by atoms with Gasteiger partial charge in [0.05, 0.1) is 11.5 Å². The van der Waals surface area contributed by atoms with Crippen molar-refractivity contribution < 1.29 is 17.9 Å². The second-order valence-corrected chi connectivity index (χ2v) is 9.69. The third kappa shape index (κ3) is 6.43. The maximum absolute atomic E-state index is 13.4. The highest BCUT2D eigenvalue weighted by molar-refractivity contribution is 7.89. The summed E-state index contributed by atoms with van der Waals surface area (Å²) >= 11 is 0. The summed E-state index contributed by atoms with van der Waals surface area (Å²) in [5.74, 6) is 0.261. The molecule has 3 aromatic rings. The number of amides is 1. The predicted octanol–water partition coefficient (Wildman–Crippen LogP) is 4.54. The summed E-state index contributed by atoms with van der Waals surface area (Å²) in [6, 6.07) is 19.0. The van der Waals surface area contributed by atoms with E-state index in [0.29, 0.717) is 29.2 Å². The predicted molar refractivity (Wildman–Crippen MR) is 131 cm³/mol. The maximum atomic E-state index is 13.4. The number of carbonyl (C=O) groups excluding carboxylic acids is 1. The van der Waals surface area contributed by atoms with Gasteiger partial charge < -0.3 is 10.1 Å². The number of ether oxygens (including phenoxy) is 1. The van der Waals surface area contributed by atoms with E-state index in [1.54, 1.807) is 38.1 Å². The molecule has 0 aliphatic rings. The first-order valence-corrected chi connectivity index (χ1v) is 12.4. The Labute approximate surface area is 196 Å². The van der Waals surface area contributed by atoms with Gasteiger partial charge in [0.1, 0.15) is 11.8 Å². The largest absolute Gasteiger partial charge is 0.494 e. The molecule has 3 rings (SSSR count). The van der Waals surface area contributed by atoms with E-state index >= 15 is 0 Å². The van der Waals surface area contributed by atoms with Crippen LogP contribution in [-0.2, 0) is 21.2 Å². The average Bonchev–Trinajstić information content (AvgIpc) is 2.74. The van der Waals surface area contributed by atoms with Gasteiger partial charge >= 0.3 is 0 Å². The zero-order valence-corrected chi connectivity index (χ0v) is 20.2. The third-order valence-corrected chi connectivity index (χ3v) is 6.98. The Hall–Kier alpha value is -3.16. The lowest BCUT2D eigenvalue weighted by Gasteiger charge is -2.21. The number of benzene rings is 3. The zero-order chi connectivity index (χ0) is 24.0. The first kappa shape index (κ1) is 24.5. The molecule has 3 aromatic carbocycles. The number of aryl methyl sites for hydroxylation is 3. The number of carbonyl (C=O) groups is 1. The van der Waals surface area contributed by atoms with Gasteiger partial charge in [0.15, 0.2) is 0 Å². The fourth-order valence-corrected chi connectivity index (χ4v) is 5.55. The van der Waals surface area contributed by atoms with Crippen LogP contribution in [0.3, 0.4) is 0 Å². The van der Waals surface area contributed by atoms with Gasteiger partial charge in [0.2, 0.25) is 15.9 Å². The molecule has 7 heteroatoms. The quantitative estimate of drug-likeness (QED) is 0.485. The van der Waals surface area contributed by atoms with E-state index in [4.69, 9.17) is 4.74 Å². The topological polar surface area (TPSA) is 84.5 Å². The zero-order valence-electron chi connectivity index (χ0n) is 19.4. The lowest BCUT2D eigenvalue weighted by atomic mass is 10.1. The second-order valence-electron chi connectivity index (χ2n) is 8.04. The summed E-state index contributed by atoms with van der Waals surface area (Å²) in [6.07, 6.45) is 0.215. The van der Waals surface area contributed by atoms with Crippen molar-refractivity contribution in [1.82, 2.24) is 4.72 Å². The van der Waals surface area contributed by atoms with Crippen molar-refractivity contribution in [3.8, 4) is 5.75 Å². The second kappa shape index (κ2) is 10.6. The Kier molecular flexibility index (Phi) is 7.89. The molecule has 0 radical (unpaired) electrons. The van der Waals surface area contributed by atoms with Crippen molar-refractivity contribution in [3.05, 3.63) is 89.0 Å². The van der Waals surface area contributed by atoms with E-state index in [0.717, 1.165) is 11.1 Å². The van der Waals surface area contributed by atoms with Crippen LogP contribution in [0.1, 0.15) is 29.2 Å². The van der Waals surface area contributed by atoms with Crippen molar-refractivity contribution in [2.45, 2.75) is 45.1 Å². The van der Waals surface area contributed by atoms with Gasteiger partial charge in [0, 0.05) is 5.69 Å². The van der Waals surface area contributed by atoms with E-state index < -0.39 is 22.0 Å². The lowest BCUT2D eigenvalue weighted by molar-refractivity contribution is -0.117. The Morgan fingerprint density at radius 3 is 2.12 bits per heavy atom. The Balaban J connectivity index is 1.88. The number of anilines is 1. The molecule has 6 nitrogen and oxygen atoms in total. The van der Waals surface area contributed by atoms with E-state index in [-0.39, 0.29) is 11.3 Å². The molecule has 2 N–H and O–H groups in total. The van der Waals surface area contributed by atoms with Crippen LogP contribution >= 0.6 is 0 Å². The molecule has 0 spiro atoms. The number of nitrogens with one attached hydrogen (secondary N) is 2. The van der Waals surface area contributed by atoms with E-state index in [9.17, 15) is 13.2 Å². The smallest absolute Gasteiger partial charge is 0.242 e. The van der Waals surface area contributed by atoms with Crippen molar-refractivity contribution >= 4 is 21.6 Å². The van der Waals surface area contributed by atoms with Crippen molar-refractivity contribution in [2.24, 2.45) is 0 Å². The van der Waals surface area contributed by atoms with E-state index in [2.05, 4.69) is 10.0 Å². The van der Waals surface area contributed by atoms with Gasteiger partial charge in [-0.1, -0.05) is 48.0 Å². The summed E-state index contributed by atoms with van der Waals surface area (Å²) in [6.45, 7) is 7.89. The molecule has 0 saturated heterocycles. The standard InChI is InChI=1S/C26H30N2O4S/c1-5-32-23-13-11-22(12-14-23)27-26(29)24(17-21-9-7-6-8-10-21)28-33(30,31)25-19(3)15-18(2)16-20(25)4/h6-16,24,28H,5,17H2,1-4H3,(H,27,29). The SMILES string of the molecule is CCOc1ccc(NC(=O)C(Cc2ccccc2)NS(=O)(=O)c2c(C)cc(C)cc2C)cc1. The van der Waals surface area contributed by atoms with Crippen LogP contribution in [0.2, 0.25) is 0 Å². The van der Waals surface area contributed by atoms with Crippen LogP contribution in [0.4, 0.5) is 5.69 Å². The summed E-state index contributed by atoms with van der Waals surface area (Å²) in [4.78, 5) is 13.4. The molecule has 0 bridgehead atoms. The van der Waals surface area contributed by atoms with Gasteiger partial charge in [-0.2, -0.15) is 4.72 Å². The van der Waals surface area contributed by atoms with Crippen molar-refractivity contribution in [2.75, 3.05) is 11.9 Å². The summed E-state index contributed by atoms with van der Waals surface area (Å²) in [5, 5.41) is 2.82. The number of hydrogen-bond donors (Lipinski definition) is 2. The lowest BCUT2D eigenvalue weighted by Crippen LogP contribution is -2.45. The molecule has 0 aliphatic heterocycles. The van der Waals surface area contributed by atoms with Crippen molar-refractivity contribution in [3.63, 3.8) is 0 Å². The summed E-state index contributed by atoms with van der Waals surface area (Å²) in [5.41, 5.74) is 3.68. The van der Waals surface area contributed by atoms with Crippen LogP contribution < -0.4 is 14.8 Å². The number of sulfonamides is 1. The molecule has 1 unspecified atom stereocenters. The van der Waals surface area contributed by atoms with Crippen LogP contribution in [0, 0.1) is 20.8 Å². The van der Waals surface area contributed by atoms with Gasteiger partial charge in [-0.25, -0.2) is 8.42 Å². The molecule has 0 heterocycles. The minimum Gasteiger partial charge on any atom is -0.494 e. The highest BCUT2D eigenvalue weighted by Gasteiger charge is 2.28. The van der Waals surface area contributed by atoms with Gasteiger partial charge in [0.25, 0.3) is 0 Å². The molecule has 33 heavy (non-hydrogen) atoms. The monoisotopic (exact) mass is 466 g/mol. The average molecular weight is 467 g/mol. The fraction of sp³-hybridized carbons (Fsp3) is 0.269. The highest BCUT2D eigenvalue weighted by Crippen LogP contribution is 2.23. The van der Waals surface area contributed by atoms with Crippen LogP contribution in [-0.4, -0.2) is 27.0 Å². The fourth-order valence-electron chi connectivity index (χ4n) is 3.91. The first-order chi connectivity index (χ1) is 15.7. The molecule has 1 atom stereocenters. The molecule has 0 aromatic heterocycles. The van der Waals surface area contributed by atoms with E-state index in [1.165, 1.54) is 0 Å². The van der Waals surface area contributed by atoms with Crippen LogP contribution in [0.15, 0.2) is 71.6 Å². The minimum absolute atomic E-state index is 0.208. The molecular weight excluding hydrogens is 436 g/mol. The highest BCUT2D eigenvalue weighted by atomic mass is 32.2. The summed E-state index contributed by atoms with van der Waals surface area (Å²) < 4.78 is 34.8. The molecule has 0 fully saturated rings. The molecule has 0 saturated carbocycles. The van der Waals surface area contributed by atoms with Gasteiger partial charge in [-0.3, -0.25) is 4.79 Å². The number of hydrogen-bond acceptors (Lipinski definition) is 4. The third-order valence-electron chi connectivity index (χ3n) is 5.20. The van der Waals surface area contributed by atoms with Crippen LogP contribution in [0.5, 0.6) is 5.75 Å². The number of rotatable bonds is 9. The van der Waals surface area contributed by atoms with Crippen molar-refractivity contribution in [1.29, 1.82) is 0 Å².